The third-order valence-electron chi connectivity index (χ3n) is 5.49. The first kappa shape index (κ1) is 24.1. The number of nitrogens with zero attached hydrogens (tertiary/aromatic N) is 1. The Balaban J connectivity index is 0.00000182. The summed E-state index contributed by atoms with van der Waals surface area (Å²) in [6, 6.07) is 6.63. The van der Waals surface area contributed by atoms with E-state index in [1.807, 2.05) is 12.1 Å². The molecule has 0 aromatic heterocycles. The molecule has 5 nitrogen and oxygen atoms in total. The van der Waals surface area contributed by atoms with Crippen molar-refractivity contribution in [2.24, 2.45) is 11.7 Å². The van der Waals surface area contributed by atoms with E-state index in [4.69, 9.17) is 5.73 Å². The predicted molar refractivity (Wildman–Crippen MR) is 109 cm³/mol. The zero-order valence-electron chi connectivity index (χ0n) is 15.4. The Morgan fingerprint density at radius 1 is 1.15 bits per heavy atom. The van der Waals surface area contributed by atoms with Gasteiger partial charge >= 0.3 is 0 Å². The molecule has 1 saturated carbocycles. The predicted octanol–water partition coefficient (Wildman–Crippen LogP) is 2.24. The molecular weight excluding hydrogens is 392 g/mol. The summed E-state index contributed by atoms with van der Waals surface area (Å²) in [7, 11) is 0. The number of likely N-dealkylation sites (tertiary alicyclic amines) is 1. The van der Waals surface area contributed by atoms with E-state index in [0.717, 1.165) is 44.5 Å². The van der Waals surface area contributed by atoms with E-state index >= 15 is 0 Å². The van der Waals surface area contributed by atoms with E-state index < -0.39 is 6.10 Å². The molecule has 4 N–H and O–H groups in total. The Kier molecular flexibility index (Phi) is 9.98. The first-order valence-corrected chi connectivity index (χ1v) is 9.22. The van der Waals surface area contributed by atoms with E-state index in [1.165, 1.54) is 12.1 Å². The molecule has 27 heavy (non-hydrogen) atoms. The maximum absolute atomic E-state index is 13.0. The first-order chi connectivity index (χ1) is 12.0. The summed E-state index contributed by atoms with van der Waals surface area (Å²) >= 11 is 0. The van der Waals surface area contributed by atoms with Crippen molar-refractivity contribution in [3.8, 4) is 0 Å². The largest absolute Gasteiger partial charge is 0.391 e. The van der Waals surface area contributed by atoms with Gasteiger partial charge in [-0.1, -0.05) is 12.1 Å². The summed E-state index contributed by atoms with van der Waals surface area (Å²) in [6.45, 7) is 2.65. The number of nitrogens with two attached hydrogens (primary N) is 1. The van der Waals surface area contributed by atoms with Crippen LogP contribution in [-0.2, 0) is 11.3 Å². The molecule has 1 heterocycles. The lowest BCUT2D eigenvalue weighted by atomic mass is 9.83. The number of aliphatic hydroxyl groups is 1. The highest BCUT2D eigenvalue weighted by atomic mass is 35.5. The molecular formula is C19H30Cl2FN3O2. The molecule has 2 aliphatic rings. The zero-order valence-corrected chi connectivity index (χ0v) is 17.0. The molecule has 1 aromatic rings. The number of nitrogens with one attached hydrogen (secondary N) is 1. The van der Waals surface area contributed by atoms with Gasteiger partial charge in [0.1, 0.15) is 5.82 Å². The fourth-order valence-corrected chi connectivity index (χ4v) is 3.81. The fourth-order valence-electron chi connectivity index (χ4n) is 3.81. The van der Waals surface area contributed by atoms with Crippen LogP contribution < -0.4 is 11.1 Å². The van der Waals surface area contributed by atoms with E-state index in [-0.39, 0.29) is 54.5 Å². The maximum atomic E-state index is 13.0. The second-order valence-corrected chi connectivity index (χ2v) is 7.43. The number of piperidine rings is 1. The van der Waals surface area contributed by atoms with Gasteiger partial charge in [0.25, 0.3) is 0 Å². The third kappa shape index (κ3) is 6.88. The van der Waals surface area contributed by atoms with Crippen LogP contribution in [-0.4, -0.2) is 47.2 Å². The molecule has 3 atom stereocenters. The van der Waals surface area contributed by atoms with E-state index in [1.54, 1.807) is 0 Å². The molecule has 2 fully saturated rings. The van der Waals surface area contributed by atoms with Crippen LogP contribution in [0.3, 0.4) is 0 Å². The molecule has 154 valence electrons. The number of carbonyl (C=O) groups excluding carboxylic acids is 1. The highest BCUT2D eigenvalue weighted by Gasteiger charge is 2.32. The molecule has 3 rings (SSSR count). The van der Waals surface area contributed by atoms with E-state index in [9.17, 15) is 14.3 Å². The van der Waals surface area contributed by atoms with Crippen molar-refractivity contribution in [1.82, 2.24) is 10.2 Å². The molecule has 0 unspecified atom stereocenters. The van der Waals surface area contributed by atoms with Gasteiger partial charge in [-0.05, 0) is 49.8 Å². The lowest BCUT2D eigenvalue weighted by Gasteiger charge is -2.34. The van der Waals surface area contributed by atoms with Crippen molar-refractivity contribution in [2.45, 2.75) is 56.8 Å². The van der Waals surface area contributed by atoms with Crippen LogP contribution in [0.1, 0.15) is 37.7 Å². The molecule has 0 bridgehead atoms. The lowest BCUT2D eigenvalue weighted by Crippen LogP contribution is -2.49. The van der Waals surface area contributed by atoms with Gasteiger partial charge in [-0.15, -0.1) is 24.8 Å². The summed E-state index contributed by atoms with van der Waals surface area (Å²) in [5.74, 6) is -0.270. The zero-order chi connectivity index (χ0) is 17.8. The van der Waals surface area contributed by atoms with Gasteiger partial charge in [-0.3, -0.25) is 9.69 Å². The molecule has 1 aliphatic heterocycles. The monoisotopic (exact) mass is 421 g/mol. The van der Waals surface area contributed by atoms with Crippen LogP contribution in [0.2, 0.25) is 0 Å². The molecule has 0 spiro atoms. The fraction of sp³-hybridized carbons (Fsp3) is 0.632. The second-order valence-electron chi connectivity index (χ2n) is 7.43. The molecule has 1 aliphatic carbocycles. The normalized spacial score (nSPS) is 26.6. The van der Waals surface area contributed by atoms with E-state index in [2.05, 4.69) is 10.2 Å². The number of benzene rings is 1. The molecule has 8 heteroatoms. The minimum absolute atomic E-state index is 0. The smallest absolute Gasteiger partial charge is 0.223 e. The van der Waals surface area contributed by atoms with Crippen LogP contribution in [0.25, 0.3) is 0 Å². The Labute approximate surface area is 172 Å². The molecule has 0 radical (unpaired) electrons. The summed E-state index contributed by atoms with van der Waals surface area (Å²) in [5.41, 5.74) is 6.91. The number of rotatable bonds is 4. The maximum Gasteiger partial charge on any atom is 0.223 e. The number of hydrogen-bond donors (Lipinski definition) is 3. The Bertz CT molecular complexity index is 583. The summed E-state index contributed by atoms with van der Waals surface area (Å²) < 4.78 is 13.0. The lowest BCUT2D eigenvalue weighted by molar-refractivity contribution is -0.128. The van der Waals surface area contributed by atoms with Crippen LogP contribution in [0, 0.1) is 11.7 Å². The van der Waals surface area contributed by atoms with Crippen molar-refractivity contribution in [1.29, 1.82) is 0 Å². The average Bonchev–Trinajstić information content (AvgIpc) is 2.61. The van der Waals surface area contributed by atoms with Crippen LogP contribution in [0.15, 0.2) is 24.3 Å². The second kappa shape index (κ2) is 11.2. The van der Waals surface area contributed by atoms with Crippen LogP contribution in [0.5, 0.6) is 0 Å². The van der Waals surface area contributed by atoms with Gasteiger partial charge < -0.3 is 16.2 Å². The Morgan fingerprint density at radius 3 is 2.37 bits per heavy atom. The summed E-state index contributed by atoms with van der Waals surface area (Å²) in [6.07, 6.45) is 3.20. The standard InChI is InChI=1S/C19H28FN3O2.2ClH/c20-15-4-1-13(2-5-15)12-23-9-7-16(8-10-23)22-19(25)14-3-6-17(21)18(24)11-14;;/h1-2,4-5,14,16-18,24H,3,6-12,21H2,(H,22,25);2*1H/t14-,17-,18-;;/m0../s1. The van der Waals surface area contributed by atoms with Gasteiger partial charge in [0.2, 0.25) is 5.91 Å². The van der Waals surface area contributed by atoms with Crippen molar-refractivity contribution in [3.05, 3.63) is 35.6 Å². The topological polar surface area (TPSA) is 78.6 Å². The van der Waals surface area contributed by atoms with Gasteiger partial charge in [-0.25, -0.2) is 4.39 Å². The Hall–Kier alpha value is -0.920. The average molecular weight is 422 g/mol. The number of aliphatic hydroxyl groups excluding tert-OH is 1. The summed E-state index contributed by atoms with van der Waals surface area (Å²) in [4.78, 5) is 14.7. The number of halogens is 3. The molecule has 1 aromatic carbocycles. The van der Waals surface area contributed by atoms with Gasteiger partial charge in [-0.2, -0.15) is 0 Å². The van der Waals surface area contributed by atoms with Crippen LogP contribution in [0.4, 0.5) is 4.39 Å². The van der Waals surface area contributed by atoms with Crippen molar-refractivity contribution in [2.75, 3.05) is 13.1 Å². The highest BCUT2D eigenvalue weighted by molar-refractivity contribution is 5.85. The third-order valence-corrected chi connectivity index (χ3v) is 5.49. The first-order valence-electron chi connectivity index (χ1n) is 9.22. The van der Waals surface area contributed by atoms with Gasteiger partial charge in [0.05, 0.1) is 6.10 Å². The van der Waals surface area contributed by atoms with Gasteiger partial charge in [0.15, 0.2) is 0 Å². The van der Waals surface area contributed by atoms with Gasteiger partial charge in [0, 0.05) is 37.6 Å². The number of amides is 1. The van der Waals surface area contributed by atoms with E-state index in [0.29, 0.717) is 12.8 Å². The molecule has 1 amide bonds. The minimum Gasteiger partial charge on any atom is -0.391 e. The quantitative estimate of drug-likeness (QED) is 0.696. The van der Waals surface area contributed by atoms with Crippen LogP contribution >= 0.6 is 24.8 Å². The number of carbonyl (C=O) groups is 1. The highest BCUT2D eigenvalue weighted by Crippen LogP contribution is 2.24. The SMILES string of the molecule is Cl.Cl.N[C@H]1CC[C@H](C(=O)NC2CCN(Cc3ccc(F)cc3)CC2)C[C@@H]1O. The van der Waals surface area contributed by atoms with Crippen molar-refractivity contribution >= 4 is 30.7 Å². The van der Waals surface area contributed by atoms with Crippen molar-refractivity contribution < 1.29 is 14.3 Å². The Morgan fingerprint density at radius 2 is 1.78 bits per heavy atom. The molecule has 1 saturated heterocycles. The number of hydrogen-bond acceptors (Lipinski definition) is 4. The van der Waals surface area contributed by atoms with Crippen molar-refractivity contribution in [3.63, 3.8) is 0 Å². The summed E-state index contributed by atoms with van der Waals surface area (Å²) in [5, 5.41) is 13.0. The minimum atomic E-state index is -0.568.